The number of hydrogen-bond donors (Lipinski definition) is 3. The van der Waals surface area contributed by atoms with E-state index in [1.165, 1.54) is 36.4 Å². The zero-order chi connectivity index (χ0) is 25.6. The molecule has 0 radical (unpaired) electrons. The van der Waals surface area contributed by atoms with E-state index >= 15 is 0 Å². The standard InChI is InChI=1S/C24H24F4N2O4S/c1-35(32,33)30-22-13-17(6-11-20(22)26)23(31)14-29-21(12-15-2-7-18(25)8-3-15)16-4-9-19(10-5-16)34-24(27)28/h2-11,13,21,23-24,29-31H,12,14H2,1H3/t21?,23-/m0/s1. The maximum Gasteiger partial charge on any atom is 0.387 e. The molecule has 0 aromatic heterocycles. The van der Waals surface area contributed by atoms with Crippen LogP contribution in [-0.4, -0.2) is 32.9 Å². The first-order chi connectivity index (χ1) is 16.5. The third-order valence-corrected chi connectivity index (χ3v) is 5.68. The number of benzene rings is 3. The van der Waals surface area contributed by atoms with Gasteiger partial charge < -0.3 is 15.2 Å². The average Bonchev–Trinajstić information content (AvgIpc) is 2.78. The van der Waals surface area contributed by atoms with Crippen LogP contribution in [0, 0.1) is 11.6 Å². The van der Waals surface area contributed by atoms with Crippen LogP contribution in [0.3, 0.4) is 0 Å². The molecule has 0 aliphatic rings. The normalized spacial score (nSPS) is 13.5. The number of rotatable bonds is 11. The smallest absolute Gasteiger partial charge is 0.387 e. The van der Waals surface area contributed by atoms with Crippen molar-refractivity contribution < 1.29 is 35.8 Å². The summed E-state index contributed by atoms with van der Waals surface area (Å²) in [4.78, 5) is 0. The highest BCUT2D eigenvalue weighted by molar-refractivity contribution is 7.92. The molecule has 0 saturated heterocycles. The Hall–Kier alpha value is -3.15. The van der Waals surface area contributed by atoms with Gasteiger partial charge in [0.2, 0.25) is 10.0 Å². The van der Waals surface area contributed by atoms with E-state index in [0.29, 0.717) is 12.0 Å². The molecule has 11 heteroatoms. The zero-order valence-corrected chi connectivity index (χ0v) is 19.4. The number of halogens is 4. The van der Waals surface area contributed by atoms with Gasteiger partial charge in [-0.3, -0.25) is 4.72 Å². The van der Waals surface area contributed by atoms with Crippen LogP contribution in [0.15, 0.2) is 66.7 Å². The fourth-order valence-corrected chi connectivity index (χ4v) is 4.00. The quantitative estimate of drug-likeness (QED) is 0.328. The molecule has 0 saturated carbocycles. The van der Waals surface area contributed by atoms with Crippen LogP contribution >= 0.6 is 0 Å². The molecule has 3 aromatic rings. The first kappa shape index (κ1) is 26.5. The second-order valence-corrected chi connectivity index (χ2v) is 9.62. The number of sulfonamides is 1. The molecule has 3 rings (SSSR count). The van der Waals surface area contributed by atoms with Gasteiger partial charge in [0, 0.05) is 12.6 Å². The van der Waals surface area contributed by atoms with Gasteiger partial charge in [0.15, 0.2) is 0 Å². The fourth-order valence-electron chi connectivity index (χ4n) is 3.45. The summed E-state index contributed by atoms with van der Waals surface area (Å²) in [5.74, 6) is -1.20. The molecule has 0 heterocycles. The van der Waals surface area contributed by atoms with E-state index in [2.05, 4.69) is 14.8 Å². The highest BCUT2D eigenvalue weighted by Crippen LogP contribution is 2.25. The summed E-state index contributed by atoms with van der Waals surface area (Å²) in [7, 11) is -3.72. The van der Waals surface area contributed by atoms with Gasteiger partial charge in [-0.05, 0) is 59.5 Å². The Balaban J connectivity index is 1.78. The van der Waals surface area contributed by atoms with Gasteiger partial charge in [-0.25, -0.2) is 17.2 Å². The Labute approximate surface area is 200 Å². The van der Waals surface area contributed by atoms with Crippen LogP contribution in [0.4, 0.5) is 23.2 Å². The van der Waals surface area contributed by atoms with E-state index in [4.69, 9.17) is 0 Å². The number of alkyl halides is 2. The lowest BCUT2D eigenvalue weighted by Gasteiger charge is -2.22. The first-order valence-electron chi connectivity index (χ1n) is 10.5. The SMILES string of the molecule is CS(=O)(=O)Nc1cc([C@@H](O)CNC(Cc2ccc(F)cc2)c2ccc(OC(F)F)cc2)ccc1F. The molecule has 3 aromatic carbocycles. The molecular formula is C24H24F4N2O4S. The molecule has 3 N–H and O–H groups in total. The number of anilines is 1. The summed E-state index contributed by atoms with van der Waals surface area (Å²) < 4.78 is 81.6. The second kappa shape index (κ2) is 11.5. The van der Waals surface area contributed by atoms with E-state index in [9.17, 15) is 31.1 Å². The largest absolute Gasteiger partial charge is 0.435 e. The molecule has 35 heavy (non-hydrogen) atoms. The lowest BCUT2D eigenvalue weighted by molar-refractivity contribution is -0.0498. The molecule has 0 spiro atoms. The predicted octanol–water partition coefficient (Wildman–Crippen LogP) is 4.54. The van der Waals surface area contributed by atoms with Crippen molar-refractivity contribution >= 4 is 15.7 Å². The van der Waals surface area contributed by atoms with Crippen molar-refractivity contribution in [1.82, 2.24) is 5.32 Å². The molecule has 1 unspecified atom stereocenters. The average molecular weight is 513 g/mol. The molecule has 0 aliphatic heterocycles. The molecule has 0 aliphatic carbocycles. The number of aliphatic hydroxyl groups is 1. The van der Waals surface area contributed by atoms with Crippen LogP contribution in [0.5, 0.6) is 5.75 Å². The Morgan fingerprint density at radius 3 is 2.17 bits per heavy atom. The predicted molar refractivity (Wildman–Crippen MR) is 124 cm³/mol. The van der Waals surface area contributed by atoms with Gasteiger partial charge in [0.05, 0.1) is 18.0 Å². The minimum absolute atomic E-state index is 0.00884. The second-order valence-electron chi connectivity index (χ2n) is 7.87. The van der Waals surface area contributed by atoms with E-state index in [0.717, 1.165) is 17.9 Å². The molecule has 0 bridgehead atoms. The van der Waals surface area contributed by atoms with Crippen LogP contribution < -0.4 is 14.8 Å². The minimum Gasteiger partial charge on any atom is -0.435 e. The summed E-state index contributed by atoms with van der Waals surface area (Å²) in [6.45, 7) is -2.97. The van der Waals surface area contributed by atoms with Crippen LogP contribution in [0.25, 0.3) is 0 Å². The van der Waals surface area contributed by atoms with Crippen molar-refractivity contribution in [1.29, 1.82) is 0 Å². The Morgan fingerprint density at radius 1 is 0.943 bits per heavy atom. The maximum absolute atomic E-state index is 14.0. The number of hydrogen-bond acceptors (Lipinski definition) is 5. The van der Waals surface area contributed by atoms with Gasteiger partial charge in [-0.2, -0.15) is 8.78 Å². The number of nitrogens with one attached hydrogen (secondary N) is 2. The molecule has 188 valence electrons. The first-order valence-corrected chi connectivity index (χ1v) is 12.4. The number of aliphatic hydroxyl groups excluding tert-OH is 1. The molecular weight excluding hydrogens is 488 g/mol. The van der Waals surface area contributed by atoms with E-state index < -0.39 is 40.4 Å². The Kier molecular flexibility index (Phi) is 8.71. The van der Waals surface area contributed by atoms with Gasteiger partial charge >= 0.3 is 6.61 Å². The highest BCUT2D eigenvalue weighted by atomic mass is 32.2. The van der Waals surface area contributed by atoms with Crippen LogP contribution in [0.2, 0.25) is 0 Å². The molecule has 0 fully saturated rings. The van der Waals surface area contributed by atoms with Crippen LogP contribution in [0.1, 0.15) is 28.8 Å². The molecule has 2 atom stereocenters. The minimum atomic E-state index is -3.72. The van der Waals surface area contributed by atoms with E-state index in [1.807, 2.05) is 0 Å². The topological polar surface area (TPSA) is 87.7 Å². The lowest BCUT2D eigenvalue weighted by atomic mass is 9.98. The molecule has 0 amide bonds. The molecule has 6 nitrogen and oxygen atoms in total. The Bertz CT molecular complexity index is 1220. The van der Waals surface area contributed by atoms with Crippen molar-refractivity contribution in [2.75, 3.05) is 17.5 Å². The summed E-state index contributed by atoms with van der Waals surface area (Å²) in [5.41, 5.74) is 1.46. The summed E-state index contributed by atoms with van der Waals surface area (Å²) in [6, 6.07) is 15.0. The zero-order valence-electron chi connectivity index (χ0n) is 18.6. The van der Waals surface area contributed by atoms with E-state index in [-0.39, 0.29) is 23.5 Å². The lowest BCUT2D eigenvalue weighted by Crippen LogP contribution is -2.28. The van der Waals surface area contributed by atoms with Gasteiger partial charge in [-0.15, -0.1) is 0 Å². The Morgan fingerprint density at radius 2 is 1.57 bits per heavy atom. The van der Waals surface area contributed by atoms with Crippen molar-refractivity contribution in [3.8, 4) is 5.75 Å². The third-order valence-electron chi connectivity index (χ3n) is 5.09. The maximum atomic E-state index is 14.0. The van der Waals surface area contributed by atoms with Crippen molar-refractivity contribution in [2.45, 2.75) is 25.2 Å². The summed E-state index contributed by atoms with van der Waals surface area (Å²) >= 11 is 0. The highest BCUT2D eigenvalue weighted by Gasteiger charge is 2.18. The van der Waals surface area contributed by atoms with Crippen LogP contribution in [-0.2, 0) is 16.4 Å². The summed E-state index contributed by atoms with van der Waals surface area (Å²) in [5, 5.41) is 13.8. The number of ether oxygens (including phenoxy) is 1. The third kappa shape index (κ3) is 8.23. The van der Waals surface area contributed by atoms with Gasteiger partial charge in [0.25, 0.3) is 0 Å². The van der Waals surface area contributed by atoms with E-state index in [1.54, 1.807) is 24.3 Å². The van der Waals surface area contributed by atoms with Gasteiger partial charge in [0.1, 0.15) is 17.4 Å². The monoisotopic (exact) mass is 512 g/mol. The van der Waals surface area contributed by atoms with Crippen molar-refractivity contribution in [3.63, 3.8) is 0 Å². The van der Waals surface area contributed by atoms with Crippen molar-refractivity contribution in [2.24, 2.45) is 0 Å². The fraction of sp³-hybridized carbons (Fsp3) is 0.250. The van der Waals surface area contributed by atoms with Crippen molar-refractivity contribution in [3.05, 3.63) is 95.1 Å². The van der Waals surface area contributed by atoms with Gasteiger partial charge in [-0.1, -0.05) is 30.3 Å². The summed E-state index contributed by atoms with van der Waals surface area (Å²) in [6.07, 6.45) is 0.133.